The van der Waals surface area contributed by atoms with Crippen LogP contribution >= 0.6 is 0 Å². The normalized spacial score (nSPS) is 14.2. The van der Waals surface area contributed by atoms with E-state index in [1.807, 2.05) is 60.7 Å². The van der Waals surface area contributed by atoms with Gasteiger partial charge in [-0.2, -0.15) is 0 Å². The molecule has 1 aliphatic heterocycles. The SMILES string of the molecule is O=C1Nc2ncc(-c3ccccc3)cc2C1=CNc1cccc(CO)c1. The molecule has 1 aliphatic rings. The Morgan fingerprint density at radius 3 is 2.69 bits per heavy atom. The van der Waals surface area contributed by atoms with Crippen molar-refractivity contribution in [2.75, 3.05) is 10.6 Å². The summed E-state index contributed by atoms with van der Waals surface area (Å²) >= 11 is 0. The predicted molar refractivity (Wildman–Crippen MR) is 102 cm³/mol. The quantitative estimate of drug-likeness (QED) is 0.632. The Hall–Kier alpha value is -3.44. The molecule has 0 saturated carbocycles. The number of aliphatic hydroxyl groups excluding tert-OH is 1. The topological polar surface area (TPSA) is 74.2 Å². The monoisotopic (exact) mass is 343 g/mol. The number of anilines is 2. The molecule has 0 aliphatic carbocycles. The predicted octanol–water partition coefficient (Wildman–Crippen LogP) is 3.65. The minimum Gasteiger partial charge on any atom is -0.392 e. The standard InChI is InChI=1S/C21H17N3O2/c25-13-14-5-4-8-17(9-14)22-12-19-18-10-16(15-6-2-1-3-7-15)11-23-20(18)24-21(19)26/h1-12,22,25H,13H2,(H,23,24,26). The largest absolute Gasteiger partial charge is 0.392 e. The van der Waals surface area contributed by atoms with Gasteiger partial charge >= 0.3 is 0 Å². The average molecular weight is 343 g/mol. The third-order valence-corrected chi connectivity index (χ3v) is 4.25. The van der Waals surface area contributed by atoms with Gasteiger partial charge in [-0.15, -0.1) is 0 Å². The molecule has 5 nitrogen and oxygen atoms in total. The second kappa shape index (κ2) is 6.82. The summed E-state index contributed by atoms with van der Waals surface area (Å²) in [4.78, 5) is 16.7. The molecule has 3 N–H and O–H groups in total. The Kier molecular flexibility index (Phi) is 4.21. The van der Waals surface area contributed by atoms with E-state index < -0.39 is 0 Å². The first kappa shape index (κ1) is 16.1. The van der Waals surface area contributed by atoms with Crippen LogP contribution in [0.4, 0.5) is 11.5 Å². The first-order chi connectivity index (χ1) is 12.7. The van der Waals surface area contributed by atoms with Crippen LogP contribution in [-0.2, 0) is 11.4 Å². The Balaban J connectivity index is 1.67. The number of nitrogens with one attached hydrogen (secondary N) is 2. The molecule has 1 amide bonds. The van der Waals surface area contributed by atoms with E-state index >= 15 is 0 Å². The second-order valence-electron chi connectivity index (χ2n) is 6.00. The van der Waals surface area contributed by atoms with Crippen molar-refractivity contribution in [1.29, 1.82) is 0 Å². The lowest BCUT2D eigenvalue weighted by Crippen LogP contribution is -2.05. The number of rotatable bonds is 4. The zero-order chi connectivity index (χ0) is 17.9. The molecule has 0 atom stereocenters. The fourth-order valence-corrected chi connectivity index (χ4v) is 2.91. The molecule has 4 rings (SSSR count). The number of hydrogen-bond donors (Lipinski definition) is 3. The highest BCUT2D eigenvalue weighted by atomic mass is 16.3. The number of amides is 1. The summed E-state index contributed by atoms with van der Waals surface area (Å²) in [7, 11) is 0. The van der Waals surface area contributed by atoms with Gasteiger partial charge in [0.2, 0.25) is 0 Å². The summed E-state index contributed by atoms with van der Waals surface area (Å²) in [6.07, 6.45) is 3.43. The van der Waals surface area contributed by atoms with Crippen LogP contribution in [0.3, 0.4) is 0 Å². The van der Waals surface area contributed by atoms with E-state index in [0.29, 0.717) is 11.4 Å². The summed E-state index contributed by atoms with van der Waals surface area (Å²) in [5, 5.41) is 15.2. The van der Waals surface area contributed by atoms with Crippen LogP contribution in [0, 0.1) is 0 Å². The molecule has 5 heteroatoms. The third-order valence-electron chi connectivity index (χ3n) is 4.25. The molecular formula is C21H17N3O2. The number of fused-ring (bicyclic) bond motifs is 1. The van der Waals surface area contributed by atoms with Crippen LogP contribution in [0.5, 0.6) is 0 Å². The smallest absolute Gasteiger partial charge is 0.259 e. The van der Waals surface area contributed by atoms with E-state index in [1.165, 1.54) is 0 Å². The Bertz CT molecular complexity index is 997. The molecule has 0 fully saturated rings. The van der Waals surface area contributed by atoms with Crippen LogP contribution < -0.4 is 10.6 Å². The molecule has 0 spiro atoms. The van der Waals surface area contributed by atoms with Gasteiger partial charge in [-0.05, 0) is 29.3 Å². The molecule has 0 saturated heterocycles. The highest BCUT2D eigenvalue weighted by molar-refractivity contribution is 6.31. The zero-order valence-electron chi connectivity index (χ0n) is 13.9. The summed E-state index contributed by atoms with van der Waals surface area (Å²) in [6, 6.07) is 19.3. The first-order valence-corrected chi connectivity index (χ1v) is 8.28. The number of hydrogen-bond acceptors (Lipinski definition) is 4. The van der Waals surface area contributed by atoms with Crippen molar-refractivity contribution in [3.05, 3.63) is 84.2 Å². The summed E-state index contributed by atoms with van der Waals surface area (Å²) < 4.78 is 0. The van der Waals surface area contributed by atoms with E-state index in [-0.39, 0.29) is 12.5 Å². The fraction of sp³-hybridized carbons (Fsp3) is 0.0476. The number of nitrogens with zero attached hydrogens (tertiary/aromatic N) is 1. The Morgan fingerprint density at radius 2 is 1.88 bits per heavy atom. The molecule has 0 bridgehead atoms. The Morgan fingerprint density at radius 1 is 1.04 bits per heavy atom. The number of aromatic nitrogens is 1. The van der Waals surface area contributed by atoms with Crippen LogP contribution in [0.15, 0.2) is 73.1 Å². The van der Waals surface area contributed by atoms with Crippen LogP contribution in [0.2, 0.25) is 0 Å². The minimum atomic E-state index is -0.191. The molecule has 0 radical (unpaired) electrons. The molecule has 2 aromatic carbocycles. The molecule has 2 heterocycles. The number of aliphatic hydroxyl groups is 1. The molecule has 128 valence electrons. The van der Waals surface area contributed by atoms with Crippen molar-refractivity contribution in [1.82, 2.24) is 4.98 Å². The van der Waals surface area contributed by atoms with Gasteiger partial charge in [0, 0.05) is 29.2 Å². The van der Waals surface area contributed by atoms with E-state index in [2.05, 4.69) is 15.6 Å². The highest BCUT2D eigenvalue weighted by Gasteiger charge is 2.25. The van der Waals surface area contributed by atoms with Crippen LogP contribution in [0.25, 0.3) is 16.7 Å². The highest BCUT2D eigenvalue weighted by Crippen LogP contribution is 2.33. The summed E-state index contributed by atoms with van der Waals surface area (Å²) in [6.45, 7) is -0.0280. The number of carbonyl (C=O) groups is 1. The summed E-state index contributed by atoms with van der Waals surface area (Å²) in [5.41, 5.74) is 4.90. The van der Waals surface area contributed by atoms with Gasteiger partial charge in [-0.3, -0.25) is 4.79 Å². The van der Waals surface area contributed by atoms with Crippen molar-refractivity contribution in [3.63, 3.8) is 0 Å². The van der Waals surface area contributed by atoms with Crippen molar-refractivity contribution in [3.8, 4) is 11.1 Å². The van der Waals surface area contributed by atoms with Gasteiger partial charge in [0.25, 0.3) is 5.91 Å². The lowest BCUT2D eigenvalue weighted by atomic mass is 10.0. The molecular weight excluding hydrogens is 326 g/mol. The molecule has 1 aromatic heterocycles. The molecule has 0 unspecified atom stereocenters. The van der Waals surface area contributed by atoms with Gasteiger partial charge < -0.3 is 15.7 Å². The number of carbonyl (C=O) groups excluding carboxylic acids is 1. The fourth-order valence-electron chi connectivity index (χ4n) is 2.91. The van der Waals surface area contributed by atoms with E-state index in [4.69, 9.17) is 0 Å². The van der Waals surface area contributed by atoms with Crippen molar-refractivity contribution >= 4 is 23.0 Å². The second-order valence-corrected chi connectivity index (χ2v) is 6.00. The van der Waals surface area contributed by atoms with E-state index in [1.54, 1.807) is 12.4 Å². The van der Waals surface area contributed by atoms with Gasteiger partial charge in [0.15, 0.2) is 0 Å². The lowest BCUT2D eigenvalue weighted by Gasteiger charge is -2.06. The maximum atomic E-state index is 12.3. The molecule has 3 aromatic rings. The summed E-state index contributed by atoms with van der Waals surface area (Å²) in [5.74, 6) is 0.371. The maximum absolute atomic E-state index is 12.3. The van der Waals surface area contributed by atoms with Gasteiger partial charge in [-0.25, -0.2) is 4.98 Å². The van der Waals surface area contributed by atoms with Crippen LogP contribution in [-0.4, -0.2) is 16.0 Å². The van der Waals surface area contributed by atoms with Crippen molar-refractivity contribution in [2.45, 2.75) is 6.61 Å². The van der Waals surface area contributed by atoms with Crippen molar-refractivity contribution in [2.24, 2.45) is 0 Å². The maximum Gasteiger partial charge on any atom is 0.259 e. The first-order valence-electron chi connectivity index (χ1n) is 8.28. The van der Waals surface area contributed by atoms with E-state index in [0.717, 1.165) is 27.9 Å². The number of pyridine rings is 1. The van der Waals surface area contributed by atoms with Gasteiger partial charge in [0.05, 0.1) is 12.2 Å². The average Bonchev–Trinajstić information content (AvgIpc) is 3.01. The zero-order valence-corrected chi connectivity index (χ0v) is 13.9. The number of benzene rings is 2. The van der Waals surface area contributed by atoms with Gasteiger partial charge in [0.1, 0.15) is 5.82 Å². The van der Waals surface area contributed by atoms with Crippen LogP contribution in [0.1, 0.15) is 11.1 Å². The van der Waals surface area contributed by atoms with Gasteiger partial charge in [-0.1, -0.05) is 42.5 Å². The third kappa shape index (κ3) is 3.08. The minimum absolute atomic E-state index is 0.0280. The Labute approximate surface area is 151 Å². The van der Waals surface area contributed by atoms with Crippen molar-refractivity contribution < 1.29 is 9.90 Å². The lowest BCUT2D eigenvalue weighted by molar-refractivity contribution is -0.110. The van der Waals surface area contributed by atoms with E-state index in [9.17, 15) is 9.90 Å². The molecule has 26 heavy (non-hydrogen) atoms.